The SMILES string of the molecule is NC(=O)C1=C(c2ccccc2)Nc2ccccc2N1. The lowest BCUT2D eigenvalue weighted by molar-refractivity contribution is -0.114. The minimum absolute atomic E-state index is 0.380. The summed E-state index contributed by atoms with van der Waals surface area (Å²) >= 11 is 0. The van der Waals surface area contributed by atoms with Crippen molar-refractivity contribution in [3.63, 3.8) is 0 Å². The molecule has 0 fully saturated rings. The number of amides is 1. The van der Waals surface area contributed by atoms with Crippen molar-refractivity contribution in [3.05, 3.63) is 65.9 Å². The van der Waals surface area contributed by atoms with Gasteiger partial charge in [0.25, 0.3) is 5.91 Å². The molecule has 4 nitrogen and oxygen atoms in total. The predicted octanol–water partition coefficient (Wildman–Crippen LogP) is 2.38. The van der Waals surface area contributed by atoms with Crippen LogP contribution in [0.25, 0.3) is 5.70 Å². The molecule has 1 heterocycles. The van der Waals surface area contributed by atoms with Crippen molar-refractivity contribution < 1.29 is 4.79 Å². The summed E-state index contributed by atoms with van der Waals surface area (Å²) in [5.74, 6) is -0.485. The minimum Gasteiger partial charge on any atom is -0.364 e. The van der Waals surface area contributed by atoms with E-state index >= 15 is 0 Å². The van der Waals surface area contributed by atoms with Crippen molar-refractivity contribution in [3.8, 4) is 0 Å². The van der Waals surface area contributed by atoms with E-state index in [0.29, 0.717) is 11.4 Å². The number of carbonyl (C=O) groups is 1. The second-order valence-electron chi connectivity index (χ2n) is 4.28. The molecule has 0 aliphatic carbocycles. The summed E-state index contributed by atoms with van der Waals surface area (Å²) in [6.07, 6.45) is 0. The normalized spacial score (nSPS) is 13.3. The average molecular weight is 251 g/mol. The lowest BCUT2D eigenvalue weighted by atomic mass is 10.1. The van der Waals surface area contributed by atoms with Crippen molar-refractivity contribution in [2.45, 2.75) is 0 Å². The third-order valence-corrected chi connectivity index (χ3v) is 3.01. The maximum absolute atomic E-state index is 11.6. The Balaban J connectivity index is 2.12. The van der Waals surface area contributed by atoms with Crippen LogP contribution in [-0.2, 0) is 4.79 Å². The molecule has 4 heteroatoms. The second kappa shape index (κ2) is 4.49. The summed E-state index contributed by atoms with van der Waals surface area (Å²) in [4.78, 5) is 11.6. The van der Waals surface area contributed by atoms with Gasteiger partial charge in [0, 0.05) is 5.56 Å². The Morgan fingerprint density at radius 1 is 0.842 bits per heavy atom. The molecule has 0 aromatic heterocycles. The molecule has 0 radical (unpaired) electrons. The van der Waals surface area contributed by atoms with E-state index < -0.39 is 5.91 Å². The molecule has 4 N–H and O–H groups in total. The standard InChI is InChI=1S/C15H13N3O/c16-15(19)14-13(10-6-2-1-3-7-10)17-11-8-4-5-9-12(11)18-14/h1-9,17-18H,(H2,16,19). The van der Waals surface area contributed by atoms with E-state index in [1.54, 1.807) is 0 Å². The smallest absolute Gasteiger partial charge is 0.267 e. The number of hydrogen-bond acceptors (Lipinski definition) is 3. The molecule has 1 aliphatic rings. The zero-order chi connectivity index (χ0) is 13.2. The van der Waals surface area contributed by atoms with E-state index in [1.807, 2.05) is 54.6 Å². The molecule has 94 valence electrons. The van der Waals surface area contributed by atoms with Gasteiger partial charge < -0.3 is 16.4 Å². The van der Waals surface area contributed by atoms with Crippen LogP contribution in [-0.4, -0.2) is 5.91 Å². The Morgan fingerprint density at radius 3 is 2.05 bits per heavy atom. The fourth-order valence-electron chi connectivity index (χ4n) is 2.10. The van der Waals surface area contributed by atoms with Gasteiger partial charge in [-0.1, -0.05) is 42.5 Å². The van der Waals surface area contributed by atoms with Gasteiger partial charge in [0.15, 0.2) is 0 Å². The van der Waals surface area contributed by atoms with Crippen LogP contribution in [0, 0.1) is 0 Å². The maximum Gasteiger partial charge on any atom is 0.267 e. The molecule has 1 amide bonds. The summed E-state index contributed by atoms with van der Waals surface area (Å²) in [5.41, 5.74) is 9.21. The fraction of sp³-hybridized carbons (Fsp3) is 0. The molecule has 0 bridgehead atoms. The molecule has 0 saturated heterocycles. The first-order chi connectivity index (χ1) is 9.25. The Labute approximate surface area is 110 Å². The Hall–Kier alpha value is -2.75. The Morgan fingerprint density at radius 2 is 1.42 bits per heavy atom. The molecule has 0 unspecified atom stereocenters. The lowest BCUT2D eigenvalue weighted by Gasteiger charge is -2.24. The largest absolute Gasteiger partial charge is 0.364 e. The maximum atomic E-state index is 11.6. The highest BCUT2D eigenvalue weighted by molar-refractivity contribution is 6.08. The highest BCUT2D eigenvalue weighted by Crippen LogP contribution is 2.33. The topological polar surface area (TPSA) is 67.2 Å². The van der Waals surface area contributed by atoms with Crippen molar-refractivity contribution in [1.29, 1.82) is 0 Å². The molecule has 2 aromatic carbocycles. The van der Waals surface area contributed by atoms with Crippen LogP contribution in [0.5, 0.6) is 0 Å². The number of nitrogens with one attached hydrogen (secondary N) is 2. The van der Waals surface area contributed by atoms with Crippen LogP contribution >= 0.6 is 0 Å². The molecular weight excluding hydrogens is 238 g/mol. The number of primary amides is 1. The van der Waals surface area contributed by atoms with E-state index in [1.165, 1.54) is 0 Å². The number of benzene rings is 2. The van der Waals surface area contributed by atoms with Gasteiger partial charge in [-0.2, -0.15) is 0 Å². The number of rotatable bonds is 2. The van der Waals surface area contributed by atoms with Crippen LogP contribution in [0.3, 0.4) is 0 Å². The van der Waals surface area contributed by atoms with E-state index in [0.717, 1.165) is 16.9 Å². The first-order valence-corrected chi connectivity index (χ1v) is 5.98. The summed E-state index contributed by atoms with van der Waals surface area (Å²) in [5, 5.41) is 6.35. The van der Waals surface area contributed by atoms with Crippen LogP contribution in [0.1, 0.15) is 5.56 Å². The third kappa shape index (κ3) is 2.04. The number of nitrogens with two attached hydrogens (primary N) is 1. The Kier molecular flexibility index (Phi) is 2.68. The van der Waals surface area contributed by atoms with Gasteiger partial charge in [-0.25, -0.2) is 0 Å². The lowest BCUT2D eigenvalue weighted by Crippen LogP contribution is -2.26. The van der Waals surface area contributed by atoms with E-state index in [4.69, 9.17) is 5.73 Å². The van der Waals surface area contributed by atoms with E-state index in [9.17, 15) is 4.79 Å². The summed E-state index contributed by atoms with van der Waals surface area (Å²) in [6.45, 7) is 0. The quantitative estimate of drug-likeness (QED) is 0.767. The van der Waals surface area contributed by atoms with Gasteiger partial charge in [0.1, 0.15) is 5.70 Å². The third-order valence-electron chi connectivity index (χ3n) is 3.01. The zero-order valence-corrected chi connectivity index (χ0v) is 10.2. The summed E-state index contributed by atoms with van der Waals surface area (Å²) in [7, 11) is 0. The van der Waals surface area contributed by atoms with Crippen molar-refractivity contribution in [2.75, 3.05) is 10.6 Å². The number of fused-ring (bicyclic) bond motifs is 1. The first-order valence-electron chi connectivity index (χ1n) is 5.98. The molecule has 0 saturated carbocycles. The summed E-state index contributed by atoms with van der Waals surface area (Å²) in [6, 6.07) is 17.3. The average Bonchev–Trinajstić information content (AvgIpc) is 2.46. The van der Waals surface area contributed by atoms with Crippen LogP contribution in [0.4, 0.5) is 11.4 Å². The predicted molar refractivity (Wildman–Crippen MR) is 76.2 cm³/mol. The highest BCUT2D eigenvalue weighted by Gasteiger charge is 2.21. The molecule has 2 aromatic rings. The van der Waals surface area contributed by atoms with E-state index in [2.05, 4.69) is 10.6 Å². The molecule has 0 spiro atoms. The zero-order valence-electron chi connectivity index (χ0n) is 10.2. The van der Waals surface area contributed by atoms with Gasteiger partial charge in [-0.05, 0) is 12.1 Å². The number of para-hydroxylation sites is 2. The van der Waals surface area contributed by atoms with Crippen LogP contribution in [0.15, 0.2) is 60.3 Å². The highest BCUT2D eigenvalue weighted by atomic mass is 16.1. The van der Waals surface area contributed by atoms with Crippen LogP contribution < -0.4 is 16.4 Å². The number of carbonyl (C=O) groups excluding carboxylic acids is 1. The molecular formula is C15H13N3O. The second-order valence-corrected chi connectivity index (χ2v) is 4.28. The van der Waals surface area contributed by atoms with Gasteiger partial charge in [0.2, 0.25) is 0 Å². The van der Waals surface area contributed by atoms with Gasteiger partial charge >= 0.3 is 0 Å². The molecule has 0 atom stereocenters. The number of hydrogen-bond donors (Lipinski definition) is 3. The van der Waals surface area contributed by atoms with Crippen molar-refractivity contribution >= 4 is 23.0 Å². The first kappa shape index (κ1) is 11.3. The van der Waals surface area contributed by atoms with Crippen molar-refractivity contribution in [2.24, 2.45) is 5.73 Å². The minimum atomic E-state index is -0.485. The van der Waals surface area contributed by atoms with Gasteiger partial charge in [-0.15, -0.1) is 0 Å². The number of anilines is 2. The van der Waals surface area contributed by atoms with Crippen molar-refractivity contribution in [1.82, 2.24) is 0 Å². The van der Waals surface area contributed by atoms with Gasteiger partial charge in [-0.3, -0.25) is 4.79 Å². The molecule has 19 heavy (non-hydrogen) atoms. The monoisotopic (exact) mass is 251 g/mol. The fourth-order valence-corrected chi connectivity index (χ4v) is 2.10. The Bertz CT molecular complexity index is 662. The van der Waals surface area contributed by atoms with Crippen LogP contribution in [0.2, 0.25) is 0 Å². The van der Waals surface area contributed by atoms with E-state index in [-0.39, 0.29) is 0 Å². The molecule has 3 rings (SSSR count). The summed E-state index contributed by atoms with van der Waals surface area (Å²) < 4.78 is 0. The molecule has 1 aliphatic heterocycles. The van der Waals surface area contributed by atoms with Gasteiger partial charge in [0.05, 0.1) is 17.1 Å².